The number of aliphatic hydroxyl groups is 1. The number of nitrogens with one attached hydrogen (secondary N) is 1. The summed E-state index contributed by atoms with van der Waals surface area (Å²) < 4.78 is 0. The summed E-state index contributed by atoms with van der Waals surface area (Å²) in [6.07, 6.45) is 0.887. The fraction of sp³-hybridized carbons (Fsp3) is 0.600. The third kappa shape index (κ3) is 5.42. The molecule has 0 saturated heterocycles. The molecule has 3 heteroatoms. The van der Waals surface area contributed by atoms with Crippen molar-refractivity contribution in [2.75, 3.05) is 12.3 Å². The number of thioether (sulfide) groups is 1. The van der Waals surface area contributed by atoms with E-state index < -0.39 is 0 Å². The minimum Gasteiger partial charge on any atom is -0.392 e. The highest BCUT2D eigenvalue weighted by Gasteiger charge is 2.15. The molecule has 0 saturated carbocycles. The molecular formula is C15H25NOS. The smallest absolute Gasteiger partial charge is 0.0628 e. The normalized spacial score (nSPS) is 16.2. The molecule has 0 aromatic heterocycles. The van der Waals surface area contributed by atoms with E-state index in [1.165, 1.54) is 5.56 Å². The summed E-state index contributed by atoms with van der Waals surface area (Å²) >= 11 is 1.83. The molecule has 18 heavy (non-hydrogen) atoms. The Balaban J connectivity index is 2.56. The summed E-state index contributed by atoms with van der Waals surface area (Å²) in [5.74, 6) is 0.996. The molecule has 0 aliphatic rings. The average Bonchev–Trinajstić information content (AvgIpc) is 2.39. The Bertz CT molecular complexity index is 316. The number of benzene rings is 1. The van der Waals surface area contributed by atoms with Crippen molar-refractivity contribution >= 4 is 11.8 Å². The topological polar surface area (TPSA) is 32.3 Å². The van der Waals surface area contributed by atoms with Crippen molar-refractivity contribution in [3.05, 3.63) is 35.9 Å². The largest absolute Gasteiger partial charge is 0.392 e. The number of rotatable bonds is 8. The standard InChI is InChI=1S/C15H25NOS/c1-4-10-16-15(11-18-13(3)12(2)17)14-8-6-5-7-9-14/h5-9,12-13,15-17H,4,10-11H2,1-3H3. The van der Waals surface area contributed by atoms with E-state index in [1.807, 2.05) is 24.8 Å². The van der Waals surface area contributed by atoms with E-state index in [0.29, 0.717) is 6.04 Å². The highest BCUT2D eigenvalue weighted by atomic mass is 32.2. The lowest BCUT2D eigenvalue weighted by atomic mass is 10.1. The minimum absolute atomic E-state index is 0.252. The molecule has 3 unspecified atom stereocenters. The van der Waals surface area contributed by atoms with E-state index in [0.717, 1.165) is 18.7 Å². The predicted octanol–water partition coefficient (Wildman–Crippen LogP) is 3.23. The molecule has 3 atom stereocenters. The molecule has 1 aromatic carbocycles. The van der Waals surface area contributed by atoms with E-state index in [-0.39, 0.29) is 11.4 Å². The third-order valence-electron chi connectivity index (χ3n) is 3.05. The van der Waals surface area contributed by atoms with Gasteiger partial charge in [-0.2, -0.15) is 11.8 Å². The first kappa shape index (κ1) is 15.5. The zero-order valence-electron chi connectivity index (χ0n) is 11.6. The molecule has 0 bridgehead atoms. The maximum absolute atomic E-state index is 9.54. The van der Waals surface area contributed by atoms with Crippen molar-refractivity contribution < 1.29 is 5.11 Å². The Hall–Kier alpha value is -0.510. The van der Waals surface area contributed by atoms with Crippen LogP contribution in [-0.2, 0) is 0 Å². The van der Waals surface area contributed by atoms with Crippen LogP contribution in [0.1, 0.15) is 38.8 Å². The lowest BCUT2D eigenvalue weighted by molar-refractivity contribution is 0.196. The minimum atomic E-state index is -0.252. The van der Waals surface area contributed by atoms with Crippen molar-refractivity contribution in [1.82, 2.24) is 5.32 Å². The number of hydrogen-bond donors (Lipinski definition) is 2. The van der Waals surface area contributed by atoms with Gasteiger partial charge < -0.3 is 10.4 Å². The van der Waals surface area contributed by atoms with Crippen molar-refractivity contribution in [3.63, 3.8) is 0 Å². The van der Waals surface area contributed by atoms with E-state index in [9.17, 15) is 5.11 Å². The van der Waals surface area contributed by atoms with Gasteiger partial charge in [0, 0.05) is 17.0 Å². The second kappa shape index (κ2) is 8.57. The molecule has 2 N–H and O–H groups in total. The molecule has 2 nitrogen and oxygen atoms in total. The van der Waals surface area contributed by atoms with Gasteiger partial charge in [-0.05, 0) is 25.5 Å². The molecule has 1 aromatic rings. The van der Waals surface area contributed by atoms with Gasteiger partial charge in [0.05, 0.1) is 6.10 Å². The van der Waals surface area contributed by atoms with Crippen LogP contribution in [0.4, 0.5) is 0 Å². The van der Waals surface area contributed by atoms with Gasteiger partial charge in [0.25, 0.3) is 0 Å². The lowest BCUT2D eigenvalue weighted by Gasteiger charge is -2.22. The van der Waals surface area contributed by atoms with Crippen molar-refractivity contribution in [3.8, 4) is 0 Å². The maximum Gasteiger partial charge on any atom is 0.0628 e. The van der Waals surface area contributed by atoms with Gasteiger partial charge in [0.15, 0.2) is 0 Å². The molecule has 0 radical (unpaired) electrons. The van der Waals surface area contributed by atoms with Gasteiger partial charge in [-0.1, -0.05) is 44.2 Å². The third-order valence-corrected chi connectivity index (χ3v) is 4.49. The van der Waals surface area contributed by atoms with Crippen LogP contribution in [0.25, 0.3) is 0 Å². The fourth-order valence-electron chi connectivity index (χ4n) is 1.66. The van der Waals surface area contributed by atoms with E-state index in [4.69, 9.17) is 0 Å². The lowest BCUT2D eigenvalue weighted by Crippen LogP contribution is -2.26. The van der Waals surface area contributed by atoms with E-state index in [1.54, 1.807) is 0 Å². The number of aliphatic hydroxyl groups excluding tert-OH is 1. The highest BCUT2D eigenvalue weighted by molar-refractivity contribution is 7.99. The summed E-state index contributed by atoms with van der Waals surface area (Å²) in [6.45, 7) is 7.15. The fourth-order valence-corrected chi connectivity index (χ4v) is 2.75. The van der Waals surface area contributed by atoms with Gasteiger partial charge in [-0.15, -0.1) is 0 Å². The first-order valence-corrected chi connectivity index (χ1v) is 7.78. The quantitative estimate of drug-likeness (QED) is 0.758. The molecule has 1 rings (SSSR count). The zero-order valence-corrected chi connectivity index (χ0v) is 12.4. The molecule has 0 aliphatic heterocycles. The van der Waals surface area contributed by atoms with E-state index in [2.05, 4.69) is 43.4 Å². The molecule has 0 amide bonds. The SMILES string of the molecule is CCCNC(CSC(C)C(C)O)c1ccccc1. The molecule has 0 spiro atoms. The summed E-state index contributed by atoms with van der Waals surface area (Å²) in [5.41, 5.74) is 1.33. The average molecular weight is 267 g/mol. The van der Waals surface area contributed by atoms with Crippen molar-refractivity contribution in [1.29, 1.82) is 0 Å². The summed E-state index contributed by atoms with van der Waals surface area (Å²) in [4.78, 5) is 0. The van der Waals surface area contributed by atoms with Crippen LogP contribution in [0.5, 0.6) is 0 Å². The maximum atomic E-state index is 9.54. The summed E-state index contributed by atoms with van der Waals surface area (Å²) in [5, 5.41) is 13.4. The molecule has 0 fully saturated rings. The first-order chi connectivity index (χ1) is 8.65. The Morgan fingerprint density at radius 2 is 1.89 bits per heavy atom. The Morgan fingerprint density at radius 1 is 1.22 bits per heavy atom. The van der Waals surface area contributed by atoms with Crippen molar-refractivity contribution in [2.45, 2.75) is 44.6 Å². The summed E-state index contributed by atoms with van der Waals surface area (Å²) in [7, 11) is 0. The van der Waals surface area contributed by atoms with Crippen LogP contribution in [0.2, 0.25) is 0 Å². The van der Waals surface area contributed by atoms with Crippen LogP contribution in [0, 0.1) is 0 Å². The van der Waals surface area contributed by atoms with Gasteiger partial charge >= 0.3 is 0 Å². The van der Waals surface area contributed by atoms with Crippen LogP contribution in [-0.4, -0.2) is 28.8 Å². The van der Waals surface area contributed by atoms with Crippen LogP contribution >= 0.6 is 11.8 Å². The zero-order chi connectivity index (χ0) is 13.4. The molecule has 0 aliphatic carbocycles. The second-order valence-corrected chi connectivity index (χ2v) is 6.11. The van der Waals surface area contributed by atoms with Gasteiger partial charge in [-0.3, -0.25) is 0 Å². The number of hydrogen-bond acceptors (Lipinski definition) is 3. The highest BCUT2D eigenvalue weighted by Crippen LogP contribution is 2.23. The Labute approximate surface area is 115 Å². The summed E-state index contributed by atoms with van der Waals surface area (Å²) in [6, 6.07) is 10.9. The molecule has 102 valence electrons. The van der Waals surface area contributed by atoms with Gasteiger partial charge in [0.2, 0.25) is 0 Å². The van der Waals surface area contributed by atoms with Crippen molar-refractivity contribution in [2.24, 2.45) is 0 Å². The monoisotopic (exact) mass is 267 g/mol. The van der Waals surface area contributed by atoms with Gasteiger partial charge in [-0.25, -0.2) is 0 Å². The molecular weight excluding hydrogens is 242 g/mol. The van der Waals surface area contributed by atoms with E-state index >= 15 is 0 Å². The van der Waals surface area contributed by atoms with Crippen LogP contribution in [0.3, 0.4) is 0 Å². The first-order valence-electron chi connectivity index (χ1n) is 6.73. The van der Waals surface area contributed by atoms with Crippen LogP contribution < -0.4 is 5.32 Å². The predicted molar refractivity (Wildman–Crippen MR) is 81.1 cm³/mol. The Morgan fingerprint density at radius 3 is 2.44 bits per heavy atom. The van der Waals surface area contributed by atoms with Gasteiger partial charge in [0.1, 0.15) is 0 Å². The Kier molecular flexibility index (Phi) is 7.40. The molecule has 0 heterocycles. The van der Waals surface area contributed by atoms with Crippen LogP contribution in [0.15, 0.2) is 30.3 Å². The second-order valence-electron chi connectivity index (χ2n) is 4.70.